The van der Waals surface area contributed by atoms with Gasteiger partial charge in [0.1, 0.15) is 6.61 Å². The minimum atomic E-state index is -0.909. The smallest absolute Gasteiger partial charge is 0.407 e. The lowest BCUT2D eigenvalue weighted by Gasteiger charge is -2.29. The van der Waals surface area contributed by atoms with Crippen molar-refractivity contribution in [2.24, 2.45) is 11.3 Å². The number of carbonyl (C=O) groups is 3. The van der Waals surface area contributed by atoms with E-state index >= 15 is 0 Å². The van der Waals surface area contributed by atoms with Gasteiger partial charge in [-0.15, -0.1) is 0 Å². The van der Waals surface area contributed by atoms with E-state index < -0.39 is 17.5 Å². The van der Waals surface area contributed by atoms with Crippen LogP contribution in [0.4, 0.5) is 4.79 Å². The predicted octanol–water partition coefficient (Wildman–Crippen LogP) is 3.94. The molecular formula is C28H28N2O5. The van der Waals surface area contributed by atoms with Gasteiger partial charge in [-0.3, -0.25) is 4.79 Å². The quantitative estimate of drug-likeness (QED) is 0.687. The molecule has 3 unspecified atom stereocenters. The Labute approximate surface area is 203 Å². The third kappa shape index (κ3) is 3.70. The van der Waals surface area contributed by atoms with Gasteiger partial charge in [0.05, 0.1) is 5.41 Å². The molecule has 3 aliphatic carbocycles. The molecule has 1 heterocycles. The fourth-order valence-electron chi connectivity index (χ4n) is 6.43. The van der Waals surface area contributed by atoms with Crippen LogP contribution in [0, 0.1) is 11.3 Å². The van der Waals surface area contributed by atoms with E-state index in [-0.39, 0.29) is 30.4 Å². The van der Waals surface area contributed by atoms with Crippen LogP contribution in [0.3, 0.4) is 0 Å². The number of amides is 2. The minimum absolute atomic E-state index is 0.0147. The van der Waals surface area contributed by atoms with Crippen molar-refractivity contribution in [3.05, 3.63) is 71.3 Å². The molecule has 2 N–H and O–H groups in total. The molecule has 0 radical (unpaired) electrons. The maximum absolute atomic E-state index is 13.2. The molecule has 180 valence electrons. The third-order valence-electron chi connectivity index (χ3n) is 8.27. The molecule has 0 aromatic heterocycles. The summed E-state index contributed by atoms with van der Waals surface area (Å²) in [6.07, 6.45) is 3.82. The first-order chi connectivity index (χ1) is 17.0. The van der Waals surface area contributed by atoms with E-state index in [0.29, 0.717) is 31.5 Å². The highest BCUT2D eigenvalue weighted by molar-refractivity contribution is 5.90. The number of fused-ring (bicyclic) bond motifs is 4. The Bertz CT molecular complexity index is 1210. The van der Waals surface area contributed by atoms with E-state index in [9.17, 15) is 14.4 Å². The molecule has 7 heteroatoms. The lowest BCUT2D eigenvalue weighted by atomic mass is 9.98. The van der Waals surface area contributed by atoms with E-state index in [1.807, 2.05) is 24.3 Å². The van der Waals surface area contributed by atoms with Crippen molar-refractivity contribution in [2.75, 3.05) is 19.7 Å². The maximum Gasteiger partial charge on any atom is 0.407 e. The number of alkyl carbamates (subject to hydrolysis) is 1. The Morgan fingerprint density at radius 3 is 2.34 bits per heavy atom. The fourth-order valence-corrected chi connectivity index (χ4v) is 6.43. The highest BCUT2D eigenvalue weighted by atomic mass is 16.5. The number of benzene rings is 2. The summed E-state index contributed by atoms with van der Waals surface area (Å²) >= 11 is 0. The largest absolute Gasteiger partial charge is 0.478 e. The number of rotatable bonds is 5. The first-order valence-electron chi connectivity index (χ1n) is 12.3. The van der Waals surface area contributed by atoms with Crippen LogP contribution in [0.2, 0.25) is 0 Å². The number of hydrogen-bond donors (Lipinski definition) is 2. The van der Waals surface area contributed by atoms with Crippen molar-refractivity contribution in [2.45, 2.75) is 37.6 Å². The first kappa shape index (κ1) is 21.9. The highest BCUT2D eigenvalue weighted by Crippen LogP contribution is 2.64. The van der Waals surface area contributed by atoms with Crippen LogP contribution in [-0.4, -0.2) is 53.7 Å². The molecule has 7 nitrogen and oxygen atoms in total. The van der Waals surface area contributed by atoms with E-state index in [0.717, 1.165) is 12.8 Å². The summed E-state index contributed by atoms with van der Waals surface area (Å²) in [4.78, 5) is 38.8. The standard InChI is InChI=1S/C28H28N2O5/c31-25(32)17-9-11-30(12-10-17)26(33)28-14-18(28)13-19(15-28)29-27(34)35-16-24-22-7-3-1-5-20(22)21-6-2-4-8-23(21)24/h1-9,18-19,24H,10-16H2,(H,29,34)(H,31,32). The van der Waals surface area contributed by atoms with E-state index in [4.69, 9.17) is 9.84 Å². The summed E-state index contributed by atoms with van der Waals surface area (Å²) in [7, 11) is 0. The molecule has 0 bridgehead atoms. The molecular weight excluding hydrogens is 444 g/mol. The monoisotopic (exact) mass is 472 g/mol. The van der Waals surface area contributed by atoms with Crippen molar-refractivity contribution in [3.63, 3.8) is 0 Å². The maximum atomic E-state index is 13.2. The van der Waals surface area contributed by atoms with Gasteiger partial charge in [-0.25, -0.2) is 9.59 Å². The molecule has 2 aromatic carbocycles. The molecule has 6 rings (SSSR count). The normalized spacial score (nSPS) is 26.3. The Kier molecular flexibility index (Phi) is 5.16. The average molecular weight is 473 g/mol. The van der Waals surface area contributed by atoms with Crippen LogP contribution in [-0.2, 0) is 14.3 Å². The van der Waals surface area contributed by atoms with Gasteiger partial charge in [0.2, 0.25) is 5.91 Å². The second-order valence-electron chi connectivity index (χ2n) is 10.2. The van der Waals surface area contributed by atoms with Gasteiger partial charge in [0, 0.05) is 30.6 Å². The molecule has 0 spiro atoms. The van der Waals surface area contributed by atoms with Crippen LogP contribution in [0.15, 0.2) is 60.2 Å². The Morgan fingerprint density at radius 1 is 1.03 bits per heavy atom. The van der Waals surface area contributed by atoms with Crippen LogP contribution < -0.4 is 5.32 Å². The number of carboxylic acids is 1. The second kappa shape index (κ2) is 8.26. The molecule has 0 saturated heterocycles. The molecule has 3 atom stereocenters. The van der Waals surface area contributed by atoms with Gasteiger partial charge in [-0.1, -0.05) is 54.6 Å². The number of carbonyl (C=O) groups excluding carboxylic acids is 2. The molecule has 2 aromatic rings. The average Bonchev–Trinajstić information content (AvgIpc) is 3.30. The van der Waals surface area contributed by atoms with E-state index in [2.05, 4.69) is 29.6 Å². The lowest BCUT2D eigenvalue weighted by molar-refractivity contribution is -0.138. The Hall–Kier alpha value is -3.61. The third-order valence-corrected chi connectivity index (χ3v) is 8.27. The van der Waals surface area contributed by atoms with Crippen LogP contribution in [0.25, 0.3) is 11.1 Å². The highest BCUT2D eigenvalue weighted by Gasteiger charge is 2.66. The summed E-state index contributed by atoms with van der Waals surface area (Å²) in [5, 5.41) is 12.1. The van der Waals surface area contributed by atoms with Crippen LogP contribution in [0.1, 0.15) is 42.7 Å². The predicted molar refractivity (Wildman–Crippen MR) is 129 cm³/mol. The zero-order valence-electron chi connectivity index (χ0n) is 19.4. The lowest BCUT2D eigenvalue weighted by Crippen LogP contribution is -2.42. The molecule has 1 aliphatic heterocycles. The number of nitrogens with one attached hydrogen (secondary N) is 1. The van der Waals surface area contributed by atoms with Crippen molar-refractivity contribution >= 4 is 18.0 Å². The summed E-state index contributed by atoms with van der Waals surface area (Å²) in [6, 6.07) is 16.4. The van der Waals surface area contributed by atoms with Crippen molar-refractivity contribution in [1.82, 2.24) is 10.2 Å². The van der Waals surface area contributed by atoms with Crippen molar-refractivity contribution in [3.8, 4) is 11.1 Å². The number of aliphatic carboxylic acids is 1. The van der Waals surface area contributed by atoms with Gasteiger partial charge in [-0.05, 0) is 53.9 Å². The summed E-state index contributed by atoms with van der Waals surface area (Å²) in [6.45, 7) is 1.06. The van der Waals surface area contributed by atoms with Crippen molar-refractivity contribution < 1.29 is 24.2 Å². The van der Waals surface area contributed by atoms with Gasteiger partial charge in [-0.2, -0.15) is 0 Å². The van der Waals surface area contributed by atoms with Gasteiger partial charge in [0.25, 0.3) is 0 Å². The van der Waals surface area contributed by atoms with Gasteiger partial charge < -0.3 is 20.1 Å². The molecule has 4 aliphatic rings. The number of hydrogen-bond acceptors (Lipinski definition) is 4. The van der Waals surface area contributed by atoms with Crippen LogP contribution >= 0.6 is 0 Å². The van der Waals surface area contributed by atoms with E-state index in [1.165, 1.54) is 22.3 Å². The molecule has 2 fully saturated rings. The topological polar surface area (TPSA) is 95.9 Å². The fraction of sp³-hybridized carbons (Fsp3) is 0.393. The molecule has 2 saturated carbocycles. The Balaban J connectivity index is 1.05. The Morgan fingerprint density at radius 2 is 1.71 bits per heavy atom. The SMILES string of the molecule is O=C(NC1CC2CC2(C(=O)N2CC=C(C(=O)O)CC2)C1)OCC1c2ccccc2-c2ccccc21. The first-order valence-corrected chi connectivity index (χ1v) is 12.3. The summed E-state index contributed by atoms with van der Waals surface area (Å²) in [5.41, 5.74) is 4.70. The number of ether oxygens (including phenoxy) is 1. The second-order valence-corrected chi connectivity index (χ2v) is 10.2. The van der Waals surface area contributed by atoms with E-state index in [1.54, 1.807) is 11.0 Å². The number of nitrogens with zero attached hydrogens (tertiary/aromatic N) is 1. The number of carboxylic acid groups (broad SMARTS) is 1. The zero-order chi connectivity index (χ0) is 24.2. The summed E-state index contributed by atoms with van der Waals surface area (Å²) in [5.74, 6) is -0.521. The van der Waals surface area contributed by atoms with Crippen LogP contribution in [0.5, 0.6) is 0 Å². The van der Waals surface area contributed by atoms with Gasteiger partial charge >= 0.3 is 12.1 Å². The minimum Gasteiger partial charge on any atom is -0.478 e. The summed E-state index contributed by atoms with van der Waals surface area (Å²) < 4.78 is 5.69. The van der Waals surface area contributed by atoms with Crippen molar-refractivity contribution in [1.29, 1.82) is 0 Å². The zero-order valence-corrected chi connectivity index (χ0v) is 19.4. The molecule has 35 heavy (non-hydrogen) atoms. The van der Waals surface area contributed by atoms with Gasteiger partial charge in [0.15, 0.2) is 0 Å². The molecule has 2 amide bonds.